The van der Waals surface area contributed by atoms with Crippen molar-refractivity contribution in [2.24, 2.45) is 0 Å². The number of amides is 1. The highest BCUT2D eigenvalue weighted by Gasteiger charge is 2.38. The molecular formula is C20H20ClN5O4. The minimum absolute atomic E-state index is 0.204. The van der Waals surface area contributed by atoms with E-state index in [1.165, 1.54) is 0 Å². The highest BCUT2D eigenvalue weighted by Crippen LogP contribution is 2.33. The molecule has 0 radical (unpaired) electrons. The average Bonchev–Trinajstić information content (AvgIpc) is 3.40. The number of imidazole rings is 1. The molecule has 1 saturated heterocycles. The summed E-state index contributed by atoms with van der Waals surface area (Å²) in [5.41, 5.74) is 2.24. The average molecular weight is 430 g/mol. The SMILES string of the molecule is Cc1c(Cl)ccc2c(-n3ccnc3)cc(N3C[C@H](NC(=O)CO)C[C@H]3C(=O)O)nc12. The third kappa shape index (κ3) is 3.57. The highest BCUT2D eigenvalue weighted by molar-refractivity contribution is 6.32. The van der Waals surface area contributed by atoms with E-state index >= 15 is 0 Å². The van der Waals surface area contributed by atoms with Gasteiger partial charge in [-0.1, -0.05) is 11.6 Å². The highest BCUT2D eigenvalue weighted by atomic mass is 35.5. The van der Waals surface area contributed by atoms with Gasteiger partial charge >= 0.3 is 5.97 Å². The maximum atomic E-state index is 11.9. The van der Waals surface area contributed by atoms with Crippen molar-refractivity contribution < 1.29 is 19.8 Å². The first-order chi connectivity index (χ1) is 14.4. The van der Waals surface area contributed by atoms with E-state index in [1.807, 2.05) is 23.6 Å². The Labute approximate surface area is 176 Å². The second kappa shape index (κ2) is 7.92. The number of carboxylic acids is 1. The summed E-state index contributed by atoms with van der Waals surface area (Å²) in [5.74, 6) is -1.09. The summed E-state index contributed by atoms with van der Waals surface area (Å²) < 4.78 is 1.83. The third-order valence-electron chi connectivity index (χ3n) is 5.30. The molecule has 0 bridgehead atoms. The Hall–Kier alpha value is -3.17. The first-order valence-corrected chi connectivity index (χ1v) is 9.74. The third-order valence-corrected chi connectivity index (χ3v) is 5.71. The Kier molecular flexibility index (Phi) is 5.31. The number of aliphatic carboxylic acids is 1. The number of pyridine rings is 1. The van der Waals surface area contributed by atoms with Crippen molar-refractivity contribution in [3.05, 3.63) is 47.5 Å². The summed E-state index contributed by atoms with van der Waals surface area (Å²) in [6.45, 7) is 1.47. The number of carbonyl (C=O) groups is 2. The topological polar surface area (TPSA) is 121 Å². The summed E-state index contributed by atoms with van der Waals surface area (Å²) in [6.07, 6.45) is 5.32. The van der Waals surface area contributed by atoms with Crippen molar-refractivity contribution in [1.29, 1.82) is 0 Å². The van der Waals surface area contributed by atoms with Crippen molar-refractivity contribution in [2.45, 2.75) is 25.4 Å². The number of benzene rings is 1. The molecule has 3 heterocycles. The number of anilines is 1. The molecule has 2 aromatic heterocycles. The summed E-state index contributed by atoms with van der Waals surface area (Å²) in [5, 5.41) is 22.8. The van der Waals surface area contributed by atoms with Crippen LogP contribution >= 0.6 is 11.6 Å². The lowest BCUT2D eigenvalue weighted by Crippen LogP contribution is -2.39. The zero-order valence-electron chi connectivity index (χ0n) is 16.1. The van der Waals surface area contributed by atoms with Crippen molar-refractivity contribution >= 4 is 40.2 Å². The molecule has 1 aliphatic heterocycles. The number of halogens is 1. The van der Waals surface area contributed by atoms with Crippen LogP contribution in [0.4, 0.5) is 5.82 Å². The quantitative estimate of drug-likeness (QED) is 0.562. The molecule has 3 N–H and O–H groups in total. The molecule has 1 amide bonds. The van der Waals surface area contributed by atoms with E-state index < -0.39 is 30.6 Å². The van der Waals surface area contributed by atoms with Crippen LogP contribution in [0.1, 0.15) is 12.0 Å². The fraction of sp³-hybridized carbons (Fsp3) is 0.300. The van der Waals surface area contributed by atoms with E-state index in [9.17, 15) is 14.7 Å². The zero-order valence-corrected chi connectivity index (χ0v) is 16.9. The number of aliphatic hydroxyl groups excluding tert-OH is 1. The Balaban J connectivity index is 1.84. The smallest absolute Gasteiger partial charge is 0.326 e. The number of aromatic nitrogens is 3. The van der Waals surface area contributed by atoms with Gasteiger partial charge in [0.25, 0.3) is 0 Å². The van der Waals surface area contributed by atoms with Crippen molar-refractivity contribution in [3.63, 3.8) is 0 Å². The van der Waals surface area contributed by atoms with Crippen molar-refractivity contribution in [3.8, 4) is 5.69 Å². The lowest BCUT2D eigenvalue weighted by atomic mass is 10.1. The standard InChI is InChI=1S/C20H20ClN5O4/c1-11-14(21)3-2-13-15(25-5-4-22-10-25)7-17(24-19(11)13)26-8-12(23-18(28)9-27)6-16(26)20(29)30/h2-5,7,10,12,16,27H,6,8-9H2,1H3,(H,23,28)(H,29,30)/t12-,16+/m1/s1. The fourth-order valence-electron chi connectivity index (χ4n) is 3.84. The number of nitrogens with one attached hydrogen (secondary N) is 1. The van der Waals surface area contributed by atoms with E-state index in [0.29, 0.717) is 16.4 Å². The van der Waals surface area contributed by atoms with Crippen molar-refractivity contribution in [2.75, 3.05) is 18.1 Å². The monoisotopic (exact) mass is 429 g/mol. The molecule has 10 heteroatoms. The van der Waals surface area contributed by atoms with Gasteiger partial charge in [-0.05, 0) is 24.6 Å². The van der Waals surface area contributed by atoms with E-state index in [-0.39, 0.29) is 13.0 Å². The van der Waals surface area contributed by atoms with Crippen LogP contribution in [0.3, 0.4) is 0 Å². The largest absolute Gasteiger partial charge is 0.480 e. The van der Waals surface area contributed by atoms with Gasteiger partial charge < -0.3 is 25.0 Å². The summed E-state index contributed by atoms with van der Waals surface area (Å²) in [6, 6.07) is 4.20. The number of carboxylic acid groups (broad SMARTS) is 1. The second-order valence-corrected chi connectivity index (χ2v) is 7.61. The van der Waals surface area contributed by atoms with Gasteiger partial charge in [0.15, 0.2) is 0 Å². The van der Waals surface area contributed by atoms with Crippen LogP contribution in [-0.4, -0.2) is 61.9 Å². The predicted molar refractivity (Wildman–Crippen MR) is 111 cm³/mol. The van der Waals surface area contributed by atoms with Crippen LogP contribution in [0.5, 0.6) is 0 Å². The number of fused-ring (bicyclic) bond motifs is 1. The van der Waals surface area contributed by atoms with E-state index in [1.54, 1.807) is 29.7 Å². The molecule has 4 rings (SSSR count). The molecule has 1 aliphatic rings. The molecule has 0 aliphatic carbocycles. The Bertz CT molecular complexity index is 1120. The van der Waals surface area contributed by atoms with Crippen LogP contribution in [-0.2, 0) is 9.59 Å². The lowest BCUT2D eigenvalue weighted by molar-refractivity contribution is -0.138. The van der Waals surface area contributed by atoms with E-state index in [0.717, 1.165) is 16.6 Å². The maximum absolute atomic E-state index is 11.9. The normalized spacial score (nSPS) is 18.7. The molecule has 9 nitrogen and oxygen atoms in total. The summed E-state index contributed by atoms with van der Waals surface area (Å²) in [4.78, 5) is 34.0. The van der Waals surface area contributed by atoms with Gasteiger partial charge in [0, 0.05) is 47.9 Å². The number of hydrogen-bond donors (Lipinski definition) is 3. The molecule has 3 aromatic rings. The Morgan fingerprint density at radius 1 is 1.37 bits per heavy atom. The minimum Gasteiger partial charge on any atom is -0.480 e. The molecule has 1 fully saturated rings. The van der Waals surface area contributed by atoms with Gasteiger partial charge in [-0.3, -0.25) is 4.79 Å². The number of carbonyl (C=O) groups excluding carboxylic acids is 1. The predicted octanol–water partition coefficient (Wildman–Crippen LogP) is 1.52. The number of aryl methyl sites for hydroxylation is 1. The van der Waals surface area contributed by atoms with Gasteiger partial charge in [-0.25, -0.2) is 14.8 Å². The Morgan fingerprint density at radius 2 is 2.17 bits per heavy atom. The summed E-state index contributed by atoms with van der Waals surface area (Å²) >= 11 is 6.31. The molecule has 2 atom stereocenters. The van der Waals surface area contributed by atoms with E-state index in [2.05, 4.69) is 10.3 Å². The molecule has 156 valence electrons. The maximum Gasteiger partial charge on any atom is 0.326 e. The molecule has 30 heavy (non-hydrogen) atoms. The minimum atomic E-state index is -1.01. The van der Waals surface area contributed by atoms with E-state index in [4.69, 9.17) is 21.7 Å². The van der Waals surface area contributed by atoms with Crippen LogP contribution in [0.15, 0.2) is 36.9 Å². The molecule has 0 saturated carbocycles. The van der Waals surface area contributed by atoms with Crippen LogP contribution < -0.4 is 10.2 Å². The fourth-order valence-corrected chi connectivity index (χ4v) is 3.99. The number of nitrogens with zero attached hydrogens (tertiary/aromatic N) is 4. The zero-order chi connectivity index (χ0) is 21.4. The number of hydrogen-bond acceptors (Lipinski definition) is 6. The van der Waals surface area contributed by atoms with Gasteiger partial charge in [-0.15, -0.1) is 0 Å². The first kappa shape index (κ1) is 20.1. The van der Waals surface area contributed by atoms with Crippen molar-refractivity contribution in [1.82, 2.24) is 19.9 Å². The molecule has 0 unspecified atom stereocenters. The molecule has 0 spiro atoms. The molecular weight excluding hydrogens is 410 g/mol. The van der Waals surface area contributed by atoms with Gasteiger partial charge in [0.05, 0.1) is 17.5 Å². The lowest BCUT2D eigenvalue weighted by Gasteiger charge is -2.24. The van der Waals surface area contributed by atoms with Crippen LogP contribution in [0.25, 0.3) is 16.6 Å². The van der Waals surface area contributed by atoms with Crippen LogP contribution in [0.2, 0.25) is 5.02 Å². The van der Waals surface area contributed by atoms with Gasteiger partial charge in [0.2, 0.25) is 5.91 Å². The number of aliphatic hydroxyl groups is 1. The van der Waals surface area contributed by atoms with Gasteiger partial charge in [0.1, 0.15) is 18.5 Å². The second-order valence-electron chi connectivity index (χ2n) is 7.20. The first-order valence-electron chi connectivity index (χ1n) is 9.37. The van der Waals surface area contributed by atoms with Gasteiger partial charge in [-0.2, -0.15) is 0 Å². The number of rotatable bonds is 5. The van der Waals surface area contributed by atoms with Crippen LogP contribution in [0, 0.1) is 6.92 Å². The Morgan fingerprint density at radius 3 is 2.83 bits per heavy atom. The summed E-state index contributed by atoms with van der Waals surface area (Å²) in [7, 11) is 0. The molecule has 1 aromatic carbocycles.